The molecule has 1 atom stereocenters. The number of nitrogens with one attached hydrogen (secondary N) is 1. The Morgan fingerprint density at radius 1 is 1.50 bits per heavy atom. The van der Waals surface area contributed by atoms with E-state index in [1.807, 2.05) is 25.1 Å². The van der Waals surface area contributed by atoms with Crippen molar-refractivity contribution in [2.24, 2.45) is 10.9 Å². The van der Waals surface area contributed by atoms with Crippen LogP contribution < -0.4 is 11.1 Å². The third kappa shape index (κ3) is 3.09. The summed E-state index contributed by atoms with van der Waals surface area (Å²) in [4.78, 5) is 12.1. The molecule has 0 saturated carbocycles. The predicted octanol–water partition coefficient (Wildman–Crippen LogP) is 2.08. The minimum absolute atomic E-state index is 0.0850. The van der Waals surface area contributed by atoms with E-state index in [2.05, 4.69) is 10.5 Å². The minimum atomic E-state index is -0.307. The van der Waals surface area contributed by atoms with Crippen molar-refractivity contribution in [1.82, 2.24) is 5.32 Å². The van der Waals surface area contributed by atoms with Crippen LogP contribution in [0.5, 0.6) is 0 Å². The van der Waals surface area contributed by atoms with Gasteiger partial charge in [-0.25, -0.2) is 0 Å². The fourth-order valence-corrected chi connectivity index (χ4v) is 1.94. The summed E-state index contributed by atoms with van der Waals surface area (Å²) in [5.41, 5.74) is 6.12. The molecule has 0 aliphatic rings. The zero-order valence-electron chi connectivity index (χ0n) is 11.2. The number of benzene rings is 1. The Morgan fingerprint density at radius 3 is 2.90 bits per heavy atom. The second kappa shape index (κ2) is 6.10. The zero-order chi connectivity index (χ0) is 14.5. The standard InChI is InChI=1S/C14H17N3O3/c1-2-10(8-13(15)17-19)16-14(18)12-7-9-5-3-4-6-11(9)20-12/h3-7,10,19H,2,8H2,1H3,(H2,15,17)(H,16,18). The van der Waals surface area contributed by atoms with E-state index in [9.17, 15) is 4.79 Å². The van der Waals surface area contributed by atoms with Crippen molar-refractivity contribution in [1.29, 1.82) is 0 Å². The van der Waals surface area contributed by atoms with E-state index < -0.39 is 0 Å². The van der Waals surface area contributed by atoms with Gasteiger partial charge in [0.15, 0.2) is 5.76 Å². The number of hydrogen-bond acceptors (Lipinski definition) is 4. The third-order valence-corrected chi connectivity index (χ3v) is 3.06. The Labute approximate surface area is 116 Å². The molecule has 1 aromatic heterocycles. The average molecular weight is 275 g/mol. The Balaban J connectivity index is 2.10. The van der Waals surface area contributed by atoms with Crippen LogP contribution in [-0.4, -0.2) is 23.0 Å². The molecule has 2 aromatic rings. The zero-order valence-corrected chi connectivity index (χ0v) is 11.2. The van der Waals surface area contributed by atoms with Crippen LogP contribution in [-0.2, 0) is 0 Å². The number of carbonyl (C=O) groups excluding carboxylic acids is 1. The van der Waals surface area contributed by atoms with Crippen molar-refractivity contribution in [3.05, 3.63) is 36.1 Å². The second-order valence-corrected chi connectivity index (χ2v) is 4.52. The first-order chi connectivity index (χ1) is 9.63. The summed E-state index contributed by atoms with van der Waals surface area (Å²) in [7, 11) is 0. The Kier molecular flexibility index (Phi) is 4.24. The van der Waals surface area contributed by atoms with Crippen LogP contribution in [0.15, 0.2) is 39.9 Å². The van der Waals surface area contributed by atoms with Crippen LogP contribution >= 0.6 is 0 Å². The number of rotatable bonds is 5. The van der Waals surface area contributed by atoms with Gasteiger partial charge in [0, 0.05) is 17.8 Å². The maximum absolute atomic E-state index is 12.1. The molecule has 6 nitrogen and oxygen atoms in total. The lowest BCUT2D eigenvalue weighted by molar-refractivity contribution is 0.0911. The number of amides is 1. The highest BCUT2D eigenvalue weighted by atomic mass is 16.4. The van der Waals surface area contributed by atoms with Gasteiger partial charge >= 0.3 is 0 Å². The maximum atomic E-state index is 12.1. The molecule has 0 bridgehead atoms. The van der Waals surface area contributed by atoms with Gasteiger partial charge in [0.05, 0.1) is 0 Å². The van der Waals surface area contributed by atoms with Crippen LogP contribution in [0.4, 0.5) is 0 Å². The SMILES string of the molecule is CCC(CC(N)=NO)NC(=O)c1cc2ccccc2o1. The molecular formula is C14H17N3O3. The van der Waals surface area contributed by atoms with Gasteiger partial charge in [0.2, 0.25) is 0 Å². The molecule has 1 unspecified atom stereocenters. The minimum Gasteiger partial charge on any atom is -0.451 e. The summed E-state index contributed by atoms with van der Waals surface area (Å²) in [6, 6.07) is 8.91. The first-order valence-electron chi connectivity index (χ1n) is 6.40. The van der Waals surface area contributed by atoms with E-state index in [1.165, 1.54) is 0 Å². The molecule has 2 rings (SSSR count). The highest BCUT2D eigenvalue weighted by Crippen LogP contribution is 2.18. The quantitative estimate of drug-likeness (QED) is 0.336. The van der Waals surface area contributed by atoms with E-state index in [4.69, 9.17) is 15.4 Å². The molecule has 4 N–H and O–H groups in total. The lowest BCUT2D eigenvalue weighted by atomic mass is 10.1. The number of hydrogen-bond donors (Lipinski definition) is 3. The van der Waals surface area contributed by atoms with Gasteiger partial charge in [-0.05, 0) is 18.6 Å². The Morgan fingerprint density at radius 2 is 2.25 bits per heavy atom. The van der Waals surface area contributed by atoms with Crippen LogP contribution in [0, 0.1) is 0 Å². The van der Waals surface area contributed by atoms with E-state index >= 15 is 0 Å². The predicted molar refractivity (Wildman–Crippen MR) is 75.8 cm³/mol. The van der Waals surface area contributed by atoms with E-state index in [0.717, 1.165) is 5.39 Å². The van der Waals surface area contributed by atoms with Gasteiger partial charge in [-0.1, -0.05) is 30.3 Å². The van der Waals surface area contributed by atoms with Gasteiger partial charge in [0.1, 0.15) is 11.4 Å². The number of carbonyl (C=O) groups is 1. The monoisotopic (exact) mass is 275 g/mol. The van der Waals surface area contributed by atoms with Crippen molar-refractivity contribution >= 4 is 22.7 Å². The van der Waals surface area contributed by atoms with Gasteiger partial charge < -0.3 is 20.7 Å². The Bertz CT molecular complexity index is 600. The molecule has 0 spiro atoms. The fourth-order valence-electron chi connectivity index (χ4n) is 1.94. The van der Waals surface area contributed by atoms with Gasteiger partial charge in [-0.3, -0.25) is 4.79 Å². The summed E-state index contributed by atoms with van der Waals surface area (Å²) in [5.74, 6) is 0.0321. The van der Waals surface area contributed by atoms with E-state index in [-0.39, 0.29) is 23.5 Å². The number of nitrogens with two attached hydrogens (primary N) is 1. The van der Waals surface area contributed by atoms with Crippen LogP contribution in [0.1, 0.15) is 30.3 Å². The van der Waals surface area contributed by atoms with E-state index in [1.54, 1.807) is 12.1 Å². The molecule has 0 aliphatic heterocycles. The molecule has 1 aromatic carbocycles. The summed E-state index contributed by atoms with van der Waals surface area (Å²) in [6.45, 7) is 1.91. The molecule has 0 fully saturated rings. The molecule has 1 amide bonds. The number of nitrogens with zero attached hydrogens (tertiary/aromatic N) is 1. The van der Waals surface area contributed by atoms with Crippen molar-refractivity contribution in [2.75, 3.05) is 0 Å². The number of fused-ring (bicyclic) bond motifs is 1. The molecule has 0 aliphatic carbocycles. The molecule has 0 radical (unpaired) electrons. The maximum Gasteiger partial charge on any atom is 0.287 e. The van der Waals surface area contributed by atoms with Crippen molar-refractivity contribution in [3.63, 3.8) is 0 Å². The molecule has 6 heteroatoms. The van der Waals surface area contributed by atoms with Crippen molar-refractivity contribution < 1.29 is 14.4 Å². The molecule has 1 heterocycles. The van der Waals surface area contributed by atoms with Crippen LogP contribution in [0.25, 0.3) is 11.0 Å². The number of furan rings is 1. The number of para-hydroxylation sites is 1. The molecule has 0 saturated heterocycles. The van der Waals surface area contributed by atoms with Crippen LogP contribution in [0.2, 0.25) is 0 Å². The number of oxime groups is 1. The lowest BCUT2D eigenvalue weighted by Crippen LogP contribution is -2.37. The molecular weight excluding hydrogens is 258 g/mol. The molecule has 20 heavy (non-hydrogen) atoms. The summed E-state index contributed by atoms with van der Waals surface area (Å²) in [6.07, 6.45) is 0.959. The number of amidine groups is 1. The normalized spacial score (nSPS) is 13.3. The van der Waals surface area contributed by atoms with Gasteiger partial charge in [-0.15, -0.1) is 0 Å². The smallest absolute Gasteiger partial charge is 0.287 e. The highest BCUT2D eigenvalue weighted by molar-refractivity contribution is 5.96. The topological polar surface area (TPSA) is 101 Å². The first-order valence-corrected chi connectivity index (χ1v) is 6.40. The highest BCUT2D eigenvalue weighted by Gasteiger charge is 2.17. The fraction of sp³-hybridized carbons (Fsp3) is 0.286. The summed E-state index contributed by atoms with van der Waals surface area (Å²) in [5, 5.41) is 15.1. The molecule has 106 valence electrons. The Hall–Kier alpha value is -2.50. The third-order valence-electron chi connectivity index (χ3n) is 3.06. The van der Waals surface area contributed by atoms with Crippen LogP contribution in [0.3, 0.4) is 0 Å². The lowest BCUT2D eigenvalue weighted by Gasteiger charge is -2.14. The van der Waals surface area contributed by atoms with Gasteiger partial charge in [-0.2, -0.15) is 0 Å². The summed E-state index contributed by atoms with van der Waals surface area (Å²) >= 11 is 0. The first kappa shape index (κ1) is 13.9. The summed E-state index contributed by atoms with van der Waals surface area (Å²) < 4.78 is 5.48. The second-order valence-electron chi connectivity index (χ2n) is 4.52. The largest absolute Gasteiger partial charge is 0.451 e. The van der Waals surface area contributed by atoms with E-state index in [0.29, 0.717) is 18.4 Å². The van der Waals surface area contributed by atoms with Crippen molar-refractivity contribution in [2.45, 2.75) is 25.8 Å². The average Bonchev–Trinajstić information content (AvgIpc) is 2.90. The van der Waals surface area contributed by atoms with Crippen molar-refractivity contribution in [3.8, 4) is 0 Å². The van der Waals surface area contributed by atoms with Gasteiger partial charge in [0.25, 0.3) is 5.91 Å².